The van der Waals surface area contributed by atoms with E-state index in [-0.39, 0.29) is 0 Å². The van der Waals surface area contributed by atoms with Crippen LogP contribution < -0.4 is 0 Å². The number of rotatable bonds is 1. The molecule has 9 rings (SSSR count). The van der Waals surface area contributed by atoms with Crippen LogP contribution in [-0.2, 0) is 0 Å². The molecule has 9 aromatic rings. The fraction of sp³-hybridized carbons (Fsp3) is 0. The number of nitrogens with zero attached hydrogens (tertiary/aromatic N) is 2. The standard InChI is InChI=1S/C34H20N2/c1-2-10-21(11-3-1)22-18-19-29-30(20-22)36-28-17-9-7-15-26(28)32-24-13-5-4-12-23(24)31-25-14-6-8-16-27(25)35(29)33(31)34(32)36/h1-20H. The van der Waals surface area contributed by atoms with E-state index in [1.165, 1.54) is 76.5 Å². The fourth-order valence-corrected chi connectivity index (χ4v) is 6.59. The van der Waals surface area contributed by atoms with Crippen molar-refractivity contribution in [2.45, 2.75) is 0 Å². The SMILES string of the molecule is c1ccc(-c2ccc3c(c2)n2c4ccccc4c4c5ccccc5c5c6ccccc6n3c5c42)cc1. The van der Waals surface area contributed by atoms with Crippen LogP contribution in [0.2, 0.25) is 0 Å². The lowest BCUT2D eigenvalue weighted by Crippen LogP contribution is -1.98. The first kappa shape index (κ1) is 18.5. The number of hydrogen-bond acceptors (Lipinski definition) is 0. The van der Waals surface area contributed by atoms with Gasteiger partial charge in [0.25, 0.3) is 0 Å². The third-order valence-electron chi connectivity index (χ3n) is 8.00. The van der Waals surface area contributed by atoms with Crippen LogP contribution in [0.15, 0.2) is 121 Å². The second-order valence-corrected chi connectivity index (χ2v) is 9.77. The minimum atomic E-state index is 1.23. The van der Waals surface area contributed by atoms with Gasteiger partial charge in [-0.2, -0.15) is 0 Å². The molecule has 0 amide bonds. The maximum Gasteiger partial charge on any atom is 0.0796 e. The molecule has 166 valence electrons. The van der Waals surface area contributed by atoms with Gasteiger partial charge in [-0.3, -0.25) is 0 Å². The summed E-state index contributed by atoms with van der Waals surface area (Å²) in [5.74, 6) is 0. The van der Waals surface area contributed by atoms with Gasteiger partial charge in [0.15, 0.2) is 0 Å². The molecule has 0 saturated heterocycles. The topological polar surface area (TPSA) is 8.82 Å². The van der Waals surface area contributed by atoms with Crippen LogP contribution in [0.25, 0.3) is 76.5 Å². The van der Waals surface area contributed by atoms with E-state index in [0.717, 1.165) is 0 Å². The lowest BCUT2D eigenvalue weighted by molar-refractivity contribution is 1.26. The summed E-state index contributed by atoms with van der Waals surface area (Å²) in [6.45, 7) is 0. The van der Waals surface area contributed by atoms with E-state index in [1.807, 2.05) is 0 Å². The van der Waals surface area contributed by atoms with Crippen LogP contribution in [0, 0.1) is 0 Å². The molecule has 0 unspecified atom stereocenters. The van der Waals surface area contributed by atoms with E-state index >= 15 is 0 Å². The first-order chi connectivity index (χ1) is 17.9. The van der Waals surface area contributed by atoms with Crippen LogP contribution in [0.4, 0.5) is 0 Å². The zero-order chi connectivity index (χ0) is 23.4. The molecule has 0 aliphatic rings. The molecule has 3 aromatic heterocycles. The molecule has 0 N–H and O–H groups in total. The quantitative estimate of drug-likeness (QED) is 0.218. The first-order valence-corrected chi connectivity index (χ1v) is 12.5. The van der Waals surface area contributed by atoms with Crippen molar-refractivity contribution in [2.75, 3.05) is 0 Å². The van der Waals surface area contributed by atoms with Gasteiger partial charge in [0.2, 0.25) is 0 Å². The minimum absolute atomic E-state index is 1.23. The number of aromatic nitrogens is 2. The molecule has 0 fully saturated rings. The summed E-state index contributed by atoms with van der Waals surface area (Å²) in [6.07, 6.45) is 0. The number of hydrogen-bond donors (Lipinski definition) is 0. The minimum Gasteiger partial charge on any atom is -0.305 e. The monoisotopic (exact) mass is 456 g/mol. The summed E-state index contributed by atoms with van der Waals surface area (Å²) >= 11 is 0. The Morgan fingerprint density at radius 2 is 0.833 bits per heavy atom. The second-order valence-electron chi connectivity index (χ2n) is 9.77. The molecule has 0 aliphatic carbocycles. The average molecular weight is 457 g/mol. The molecular formula is C34H20N2. The third kappa shape index (κ3) is 2.09. The molecule has 2 heteroatoms. The lowest BCUT2D eigenvalue weighted by Gasteiger charge is -2.14. The second kappa shape index (κ2) is 6.44. The highest BCUT2D eigenvalue weighted by Gasteiger charge is 2.24. The first-order valence-electron chi connectivity index (χ1n) is 12.5. The van der Waals surface area contributed by atoms with Crippen LogP contribution >= 0.6 is 0 Å². The van der Waals surface area contributed by atoms with Gasteiger partial charge in [-0.25, -0.2) is 0 Å². The van der Waals surface area contributed by atoms with Crippen molar-refractivity contribution in [2.24, 2.45) is 0 Å². The predicted molar refractivity (Wildman–Crippen MR) is 153 cm³/mol. The summed E-state index contributed by atoms with van der Waals surface area (Å²) in [5.41, 5.74) is 10.1. The smallest absolute Gasteiger partial charge is 0.0796 e. The van der Waals surface area contributed by atoms with Crippen molar-refractivity contribution in [1.82, 2.24) is 8.80 Å². The fourth-order valence-electron chi connectivity index (χ4n) is 6.59. The predicted octanol–water partition coefficient (Wildman–Crippen LogP) is 9.06. The van der Waals surface area contributed by atoms with Gasteiger partial charge in [0.05, 0.1) is 33.1 Å². The molecular weight excluding hydrogens is 436 g/mol. The Labute approximate surface area is 206 Å². The van der Waals surface area contributed by atoms with E-state index in [1.54, 1.807) is 0 Å². The highest BCUT2D eigenvalue weighted by Crippen LogP contribution is 2.46. The number of benzene rings is 6. The third-order valence-corrected chi connectivity index (χ3v) is 8.00. The normalized spacial score (nSPS) is 12.4. The molecule has 0 bridgehead atoms. The Morgan fingerprint density at radius 3 is 1.44 bits per heavy atom. The van der Waals surface area contributed by atoms with Gasteiger partial charge in [0.1, 0.15) is 0 Å². The average Bonchev–Trinajstić information content (AvgIpc) is 3.48. The summed E-state index contributed by atoms with van der Waals surface area (Å²) in [7, 11) is 0. The Hall–Kier alpha value is -4.82. The van der Waals surface area contributed by atoms with Gasteiger partial charge in [0, 0.05) is 21.5 Å². The van der Waals surface area contributed by atoms with E-state index in [4.69, 9.17) is 0 Å². The van der Waals surface area contributed by atoms with Gasteiger partial charge < -0.3 is 8.80 Å². The van der Waals surface area contributed by atoms with Crippen molar-refractivity contribution < 1.29 is 0 Å². The van der Waals surface area contributed by atoms with E-state index < -0.39 is 0 Å². The summed E-state index contributed by atoms with van der Waals surface area (Å²) in [4.78, 5) is 0. The van der Waals surface area contributed by atoms with Crippen LogP contribution in [0.3, 0.4) is 0 Å². The highest BCUT2D eigenvalue weighted by atomic mass is 15.0. The largest absolute Gasteiger partial charge is 0.305 e. The van der Waals surface area contributed by atoms with Gasteiger partial charge in [-0.15, -0.1) is 0 Å². The molecule has 2 nitrogen and oxygen atoms in total. The molecule has 0 radical (unpaired) electrons. The number of para-hydroxylation sites is 2. The molecule has 0 atom stereocenters. The zero-order valence-corrected chi connectivity index (χ0v) is 19.4. The maximum atomic E-state index is 2.51. The van der Waals surface area contributed by atoms with Gasteiger partial charge in [-0.05, 0) is 46.2 Å². The van der Waals surface area contributed by atoms with Crippen molar-refractivity contribution in [1.29, 1.82) is 0 Å². The van der Waals surface area contributed by atoms with Crippen molar-refractivity contribution in [3.63, 3.8) is 0 Å². The summed E-state index contributed by atoms with van der Waals surface area (Å²) in [5, 5.41) is 7.94. The van der Waals surface area contributed by atoms with Crippen LogP contribution in [0.5, 0.6) is 0 Å². The highest BCUT2D eigenvalue weighted by molar-refractivity contribution is 6.37. The molecule has 6 aromatic carbocycles. The molecule has 3 heterocycles. The zero-order valence-electron chi connectivity index (χ0n) is 19.4. The van der Waals surface area contributed by atoms with Crippen LogP contribution in [0.1, 0.15) is 0 Å². The van der Waals surface area contributed by atoms with Crippen molar-refractivity contribution >= 4 is 65.4 Å². The van der Waals surface area contributed by atoms with Crippen molar-refractivity contribution in [3.05, 3.63) is 121 Å². The van der Waals surface area contributed by atoms with E-state index in [2.05, 4.69) is 130 Å². The van der Waals surface area contributed by atoms with Crippen LogP contribution in [-0.4, -0.2) is 8.80 Å². The molecule has 36 heavy (non-hydrogen) atoms. The molecule has 0 spiro atoms. The maximum absolute atomic E-state index is 2.51. The Bertz CT molecular complexity index is 2290. The molecule has 0 aliphatic heterocycles. The lowest BCUT2D eigenvalue weighted by atomic mass is 9.98. The van der Waals surface area contributed by atoms with Gasteiger partial charge in [-0.1, -0.05) is 97.1 Å². The van der Waals surface area contributed by atoms with Crippen molar-refractivity contribution in [3.8, 4) is 11.1 Å². The Balaban J connectivity index is 1.69. The Kier molecular flexibility index (Phi) is 3.31. The van der Waals surface area contributed by atoms with E-state index in [9.17, 15) is 0 Å². The molecule has 0 saturated carbocycles. The summed E-state index contributed by atoms with van der Waals surface area (Å²) < 4.78 is 5.02. The number of fused-ring (bicyclic) bond motifs is 12. The van der Waals surface area contributed by atoms with Gasteiger partial charge >= 0.3 is 0 Å². The summed E-state index contributed by atoms with van der Waals surface area (Å²) in [6, 6.07) is 44.3. The van der Waals surface area contributed by atoms with E-state index in [0.29, 0.717) is 0 Å². The Morgan fingerprint density at radius 1 is 0.333 bits per heavy atom.